The number of nitrogens with one attached hydrogen (secondary N) is 1. The predicted molar refractivity (Wildman–Crippen MR) is 33.2 cm³/mol. The van der Waals surface area contributed by atoms with E-state index in [4.69, 9.17) is 5.11 Å². The maximum atomic E-state index is 10.3. The molecule has 1 heterocycles. The lowest BCUT2D eigenvalue weighted by atomic mass is 9.90. The van der Waals surface area contributed by atoms with Gasteiger partial charge in [0.1, 0.15) is 6.04 Å². The zero-order valence-electron chi connectivity index (χ0n) is 5.42. The highest BCUT2D eigenvalue weighted by atomic mass is 16.4. The highest BCUT2D eigenvalue weighted by Crippen LogP contribution is 2.16. The summed E-state index contributed by atoms with van der Waals surface area (Å²) < 4.78 is 0. The molecule has 0 unspecified atom stereocenters. The van der Waals surface area contributed by atoms with E-state index in [1.165, 1.54) is 0 Å². The third-order valence-electron chi connectivity index (χ3n) is 1.86. The number of rotatable bonds is 2. The summed E-state index contributed by atoms with van der Waals surface area (Å²) in [7, 11) is 0. The summed E-state index contributed by atoms with van der Waals surface area (Å²) in [6, 6.07) is -0.269. The van der Waals surface area contributed by atoms with E-state index < -0.39 is 5.97 Å². The molecule has 0 aromatic rings. The highest BCUT2D eigenvalue weighted by Gasteiger charge is 2.34. The van der Waals surface area contributed by atoms with Crippen LogP contribution in [0.3, 0.4) is 0 Å². The summed E-state index contributed by atoms with van der Waals surface area (Å²) in [5.74, 6) is -0.351. The number of aliphatic carboxylic acids is 1. The minimum absolute atomic E-state index is 0.269. The Morgan fingerprint density at radius 3 is 2.67 bits per heavy atom. The average Bonchev–Trinajstić information content (AvgIpc) is 1.61. The number of hydrogen-bond acceptors (Lipinski definition) is 2. The SMILES string of the molecule is CC[C@H]1CN[C@@H]1C(=O)O. The van der Waals surface area contributed by atoms with E-state index in [-0.39, 0.29) is 6.04 Å². The molecule has 2 atom stereocenters. The minimum atomic E-state index is -0.715. The van der Waals surface area contributed by atoms with Gasteiger partial charge in [0.25, 0.3) is 0 Å². The van der Waals surface area contributed by atoms with E-state index in [2.05, 4.69) is 5.32 Å². The molecule has 1 aliphatic rings. The van der Waals surface area contributed by atoms with E-state index in [0.29, 0.717) is 5.92 Å². The molecule has 2 N–H and O–H groups in total. The molecule has 0 bridgehead atoms. The lowest BCUT2D eigenvalue weighted by Gasteiger charge is -2.33. The third kappa shape index (κ3) is 1.05. The van der Waals surface area contributed by atoms with Crippen LogP contribution in [-0.2, 0) is 4.79 Å². The molecule has 0 aromatic carbocycles. The molecule has 9 heavy (non-hydrogen) atoms. The minimum Gasteiger partial charge on any atom is -0.480 e. The molecule has 0 saturated carbocycles. The van der Waals surface area contributed by atoms with Crippen LogP contribution < -0.4 is 5.32 Å². The number of carbonyl (C=O) groups is 1. The van der Waals surface area contributed by atoms with Gasteiger partial charge >= 0.3 is 5.97 Å². The number of carboxylic acid groups (broad SMARTS) is 1. The monoisotopic (exact) mass is 129 g/mol. The summed E-state index contributed by atoms with van der Waals surface area (Å²) in [4.78, 5) is 10.3. The van der Waals surface area contributed by atoms with E-state index in [1.807, 2.05) is 6.92 Å². The van der Waals surface area contributed by atoms with Gasteiger partial charge < -0.3 is 10.4 Å². The fourth-order valence-corrected chi connectivity index (χ4v) is 1.07. The second-order valence-corrected chi connectivity index (χ2v) is 2.39. The molecule has 52 valence electrons. The van der Waals surface area contributed by atoms with Gasteiger partial charge in [0, 0.05) is 6.54 Å². The van der Waals surface area contributed by atoms with E-state index in [1.54, 1.807) is 0 Å². The Hall–Kier alpha value is -0.570. The van der Waals surface area contributed by atoms with Crippen molar-refractivity contribution in [3.05, 3.63) is 0 Å². The first-order valence-corrected chi connectivity index (χ1v) is 3.22. The van der Waals surface area contributed by atoms with Crippen LogP contribution in [0, 0.1) is 5.92 Å². The predicted octanol–water partition coefficient (Wildman–Crippen LogP) is 0.0690. The molecule has 0 amide bonds. The zero-order chi connectivity index (χ0) is 6.85. The molecule has 1 aliphatic heterocycles. The Morgan fingerprint density at radius 2 is 2.56 bits per heavy atom. The summed E-state index contributed by atoms with van der Waals surface area (Å²) in [5.41, 5.74) is 0. The van der Waals surface area contributed by atoms with Crippen molar-refractivity contribution in [1.82, 2.24) is 5.32 Å². The van der Waals surface area contributed by atoms with Crippen molar-refractivity contribution < 1.29 is 9.90 Å². The molecular formula is C6H11NO2. The van der Waals surface area contributed by atoms with Crippen LogP contribution in [-0.4, -0.2) is 23.7 Å². The number of hydrogen-bond donors (Lipinski definition) is 2. The quantitative estimate of drug-likeness (QED) is 0.554. The maximum absolute atomic E-state index is 10.3. The van der Waals surface area contributed by atoms with Crippen LogP contribution >= 0.6 is 0 Å². The molecular weight excluding hydrogens is 118 g/mol. The standard InChI is InChI=1S/C6H11NO2/c1-2-4-3-7-5(4)6(8)9/h4-5,7H,2-3H2,1H3,(H,8,9)/t4-,5-/m0/s1. The van der Waals surface area contributed by atoms with Crippen LogP contribution in [0.1, 0.15) is 13.3 Å². The summed E-state index contributed by atoms with van der Waals surface area (Å²) >= 11 is 0. The second kappa shape index (κ2) is 2.35. The van der Waals surface area contributed by atoms with Crippen LogP contribution in [0.4, 0.5) is 0 Å². The Bertz CT molecular complexity index is 122. The van der Waals surface area contributed by atoms with E-state index >= 15 is 0 Å². The fourth-order valence-electron chi connectivity index (χ4n) is 1.07. The maximum Gasteiger partial charge on any atom is 0.321 e. The van der Waals surface area contributed by atoms with Gasteiger partial charge in [-0.2, -0.15) is 0 Å². The van der Waals surface area contributed by atoms with Crippen molar-refractivity contribution in [1.29, 1.82) is 0 Å². The van der Waals surface area contributed by atoms with E-state index in [0.717, 1.165) is 13.0 Å². The largest absolute Gasteiger partial charge is 0.480 e. The van der Waals surface area contributed by atoms with Gasteiger partial charge in [-0.25, -0.2) is 0 Å². The van der Waals surface area contributed by atoms with Crippen molar-refractivity contribution >= 4 is 5.97 Å². The highest BCUT2D eigenvalue weighted by molar-refractivity contribution is 5.75. The topological polar surface area (TPSA) is 49.3 Å². The molecule has 0 spiro atoms. The van der Waals surface area contributed by atoms with Crippen molar-refractivity contribution in [3.63, 3.8) is 0 Å². The Kier molecular flexibility index (Phi) is 1.71. The van der Waals surface area contributed by atoms with Gasteiger partial charge in [0.15, 0.2) is 0 Å². The van der Waals surface area contributed by atoms with Crippen molar-refractivity contribution in [2.24, 2.45) is 5.92 Å². The van der Waals surface area contributed by atoms with Crippen LogP contribution in [0.5, 0.6) is 0 Å². The molecule has 1 rings (SSSR count). The number of carboxylic acids is 1. The third-order valence-corrected chi connectivity index (χ3v) is 1.86. The Labute approximate surface area is 54.1 Å². The van der Waals surface area contributed by atoms with Crippen molar-refractivity contribution in [3.8, 4) is 0 Å². The zero-order valence-corrected chi connectivity index (χ0v) is 5.42. The smallest absolute Gasteiger partial charge is 0.321 e. The second-order valence-electron chi connectivity index (χ2n) is 2.39. The first-order valence-electron chi connectivity index (χ1n) is 3.22. The lowest BCUT2D eigenvalue weighted by Crippen LogP contribution is -2.56. The van der Waals surface area contributed by atoms with Gasteiger partial charge in [-0.05, 0) is 5.92 Å². The molecule has 0 aliphatic carbocycles. The normalized spacial score (nSPS) is 33.4. The van der Waals surface area contributed by atoms with Gasteiger partial charge in [-0.3, -0.25) is 4.79 Å². The van der Waals surface area contributed by atoms with Gasteiger partial charge in [0.05, 0.1) is 0 Å². The van der Waals surface area contributed by atoms with Crippen molar-refractivity contribution in [2.75, 3.05) is 6.54 Å². The van der Waals surface area contributed by atoms with Gasteiger partial charge in [-0.1, -0.05) is 13.3 Å². The summed E-state index contributed by atoms with van der Waals surface area (Å²) in [6.45, 7) is 2.88. The molecule has 1 saturated heterocycles. The first kappa shape index (κ1) is 6.55. The Balaban J connectivity index is 2.35. The molecule has 3 heteroatoms. The van der Waals surface area contributed by atoms with Crippen LogP contribution in [0.15, 0.2) is 0 Å². The average molecular weight is 129 g/mol. The fraction of sp³-hybridized carbons (Fsp3) is 0.833. The summed E-state index contributed by atoms with van der Waals surface area (Å²) in [6.07, 6.45) is 0.962. The molecule has 0 radical (unpaired) electrons. The van der Waals surface area contributed by atoms with E-state index in [9.17, 15) is 4.79 Å². The molecule has 3 nitrogen and oxygen atoms in total. The van der Waals surface area contributed by atoms with Crippen LogP contribution in [0.2, 0.25) is 0 Å². The van der Waals surface area contributed by atoms with Gasteiger partial charge in [-0.15, -0.1) is 0 Å². The Morgan fingerprint density at radius 1 is 1.89 bits per heavy atom. The lowest BCUT2D eigenvalue weighted by molar-refractivity contribution is -0.143. The van der Waals surface area contributed by atoms with Gasteiger partial charge in [0.2, 0.25) is 0 Å². The van der Waals surface area contributed by atoms with Crippen molar-refractivity contribution in [2.45, 2.75) is 19.4 Å². The summed E-state index contributed by atoms with van der Waals surface area (Å²) in [5, 5.41) is 11.3. The molecule has 1 fully saturated rings. The first-order chi connectivity index (χ1) is 4.25. The van der Waals surface area contributed by atoms with Crippen LogP contribution in [0.25, 0.3) is 0 Å². The molecule has 0 aromatic heterocycles.